The van der Waals surface area contributed by atoms with Gasteiger partial charge in [-0.25, -0.2) is 14.4 Å². The molecule has 2 N–H and O–H groups in total. The molecule has 0 radical (unpaired) electrons. The lowest BCUT2D eigenvalue weighted by molar-refractivity contribution is 0.0951. The Labute approximate surface area is 225 Å². The molecule has 5 rings (SSSR count). The third kappa shape index (κ3) is 6.88. The first-order chi connectivity index (χ1) is 19.1. The van der Waals surface area contributed by atoms with Crippen LogP contribution in [-0.2, 0) is 6.54 Å². The summed E-state index contributed by atoms with van der Waals surface area (Å²) < 4.78 is 24.1. The molecule has 12 heteroatoms. The normalized spacial score (nSPS) is 16.3. The van der Waals surface area contributed by atoms with Crippen LogP contribution in [0.3, 0.4) is 0 Å². The lowest BCUT2D eigenvalue weighted by Gasteiger charge is -2.30. The number of hydrogen-bond donors (Lipinski definition) is 2. The molecule has 1 aromatic carbocycles. The van der Waals surface area contributed by atoms with Crippen molar-refractivity contribution < 1.29 is 23.1 Å². The van der Waals surface area contributed by atoms with Gasteiger partial charge in [-0.3, -0.25) is 14.5 Å². The number of carbonyl (C=O) groups is 2. The molecule has 0 aliphatic carbocycles. The van der Waals surface area contributed by atoms with E-state index in [9.17, 15) is 14.0 Å². The van der Waals surface area contributed by atoms with Gasteiger partial charge in [0, 0.05) is 51.4 Å². The van der Waals surface area contributed by atoms with Crippen LogP contribution >= 0.6 is 0 Å². The maximum Gasteiger partial charge on any atom is 0.316 e. The summed E-state index contributed by atoms with van der Waals surface area (Å²) in [6, 6.07) is 7.78. The van der Waals surface area contributed by atoms with Crippen LogP contribution < -0.4 is 20.3 Å². The number of nitrogens with one attached hydrogen (secondary N) is 2. The number of aromatic nitrogens is 3. The fraction of sp³-hybridized carbons (Fsp3) is 0.444. The number of piperidine rings is 1. The fourth-order valence-corrected chi connectivity index (χ4v) is 4.80. The number of alkyl halides is 1. The molecule has 2 aromatic heterocycles. The molecule has 0 unspecified atom stereocenters. The third-order valence-corrected chi connectivity index (χ3v) is 6.81. The molecule has 2 aliphatic rings. The molecule has 2 fully saturated rings. The molecule has 4 heterocycles. The van der Waals surface area contributed by atoms with E-state index in [0.717, 1.165) is 44.3 Å². The van der Waals surface area contributed by atoms with Crippen LogP contribution in [0.2, 0.25) is 0 Å². The van der Waals surface area contributed by atoms with Gasteiger partial charge in [0.1, 0.15) is 19.0 Å². The molecule has 2 saturated heterocycles. The van der Waals surface area contributed by atoms with E-state index in [-0.39, 0.29) is 23.9 Å². The molecule has 2 aliphatic heterocycles. The van der Waals surface area contributed by atoms with Crippen molar-refractivity contribution in [2.75, 3.05) is 49.6 Å². The highest BCUT2D eigenvalue weighted by molar-refractivity contribution is 6.08. The molecule has 0 bridgehead atoms. The van der Waals surface area contributed by atoms with Crippen molar-refractivity contribution in [2.24, 2.45) is 0 Å². The highest BCUT2D eigenvalue weighted by atomic mass is 19.1. The van der Waals surface area contributed by atoms with Gasteiger partial charge in [0.05, 0.1) is 11.3 Å². The van der Waals surface area contributed by atoms with Crippen LogP contribution in [0.5, 0.6) is 6.01 Å². The van der Waals surface area contributed by atoms with Crippen molar-refractivity contribution in [3.05, 3.63) is 59.7 Å². The Balaban J connectivity index is 1.22. The Morgan fingerprint density at radius 3 is 2.59 bits per heavy atom. The van der Waals surface area contributed by atoms with E-state index in [1.807, 2.05) is 11.0 Å². The summed E-state index contributed by atoms with van der Waals surface area (Å²) in [7, 11) is 0. The Morgan fingerprint density at radius 2 is 1.85 bits per heavy atom. The van der Waals surface area contributed by atoms with Crippen LogP contribution in [0.25, 0.3) is 0 Å². The Kier molecular flexibility index (Phi) is 8.61. The number of amides is 2. The standard InChI is InChI=1S/C27H32FN7O4/c28-8-11-29-24(36)21-16-19(17-34-12-1-2-13-34)4-5-22(21)32-25(37)23-18-38-27(33-23)35-14-6-20(7-15-35)39-26-30-9-3-10-31-26/h3-5,9-10,16,18,20H,1-2,6-8,11-15,17H2,(H,29,36)(H,32,37). The van der Waals surface area contributed by atoms with Crippen LogP contribution in [0.4, 0.5) is 16.1 Å². The number of hydrogen-bond acceptors (Lipinski definition) is 9. The number of rotatable bonds is 10. The SMILES string of the molecule is O=C(Nc1ccc(CN2CCCC2)cc1C(=O)NCCF)c1coc(N2CCC(Oc3ncccn3)CC2)n1. The van der Waals surface area contributed by atoms with Crippen LogP contribution in [-0.4, -0.2) is 77.2 Å². The minimum Gasteiger partial charge on any atom is -0.460 e. The van der Waals surface area contributed by atoms with E-state index in [4.69, 9.17) is 9.15 Å². The monoisotopic (exact) mass is 537 g/mol. The minimum absolute atomic E-state index is 0.0169. The summed E-state index contributed by atoms with van der Waals surface area (Å²) >= 11 is 0. The zero-order chi connectivity index (χ0) is 27.0. The van der Waals surface area contributed by atoms with E-state index in [2.05, 4.69) is 30.5 Å². The number of anilines is 2. The molecule has 2 amide bonds. The number of ether oxygens (including phenoxy) is 1. The molecule has 206 valence electrons. The van der Waals surface area contributed by atoms with Crippen LogP contribution in [0.15, 0.2) is 47.3 Å². The van der Waals surface area contributed by atoms with Crippen molar-refractivity contribution in [1.29, 1.82) is 0 Å². The quantitative estimate of drug-likeness (QED) is 0.401. The van der Waals surface area contributed by atoms with Crippen LogP contribution in [0, 0.1) is 0 Å². The van der Waals surface area contributed by atoms with Gasteiger partial charge < -0.3 is 24.7 Å². The maximum absolute atomic E-state index is 13.0. The zero-order valence-electron chi connectivity index (χ0n) is 21.6. The summed E-state index contributed by atoms with van der Waals surface area (Å²) in [6.07, 6.45) is 8.33. The van der Waals surface area contributed by atoms with Gasteiger partial charge in [-0.15, -0.1) is 0 Å². The number of benzene rings is 1. The first-order valence-corrected chi connectivity index (χ1v) is 13.2. The average Bonchev–Trinajstić information content (AvgIpc) is 3.66. The molecule has 11 nitrogen and oxygen atoms in total. The van der Waals surface area contributed by atoms with Gasteiger partial charge in [0.2, 0.25) is 0 Å². The topological polar surface area (TPSA) is 126 Å². The maximum atomic E-state index is 13.0. The highest BCUT2D eigenvalue weighted by Crippen LogP contribution is 2.24. The summed E-state index contributed by atoms with van der Waals surface area (Å²) in [6.45, 7) is 3.24. The molecular formula is C27H32FN7O4. The van der Waals surface area contributed by atoms with Crippen molar-refractivity contribution in [2.45, 2.75) is 38.3 Å². The zero-order valence-corrected chi connectivity index (χ0v) is 21.6. The summed E-state index contributed by atoms with van der Waals surface area (Å²) in [5.74, 6) is -0.950. The number of carbonyl (C=O) groups excluding carboxylic acids is 2. The number of nitrogens with zero attached hydrogens (tertiary/aromatic N) is 5. The predicted molar refractivity (Wildman–Crippen MR) is 142 cm³/mol. The second-order valence-corrected chi connectivity index (χ2v) is 9.61. The van der Waals surface area contributed by atoms with Gasteiger partial charge in [0.25, 0.3) is 17.8 Å². The van der Waals surface area contributed by atoms with Crippen molar-refractivity contribution in [3.8, 4) is 6.01 Å². The number of likely N-dealkylation sites (tertiary alicyclic amines) is 1. The first kappa shape index (κ1) is 26.5. The van der Waals surface area contributed by atoms with Gasteiger partial charge in [-0.1, -0.05) is 6.07 Å². The molecule has 39 heavy (non-hydrogen) atoms. The van der Waals surface area contributed by atoms with E-state index < -0.39 is 18.5 Å². The third-order valence-electron chi connectivity index (χ3n) is 6.81. The fourth-order valence-electron chi connectivity index (χ4n) is 4.80. The van der Waals surface area contributed by atoms with Crippen molar-refractivity contribution in [3.63, 3.8) is 0 Å². The Hall–Kier alpha value is -4.06. The summed E-state index contributed by atoms with van der Waals surface area (Å²) in [4.78, 5) is 42.7. The summed E-state index contributed by atoms with van der Waals surface area (Å²) in [5, 5.41) is 5.32. The smallest absolute Gasteiger partial charge is 0.316 e. The van der Waals surface area contributed by atoms with Gasteiger partial charge >= 0.3 is 6.01 Å². The molecule has 0 spiro atoms. The van der Waals surface area contributed by atoms with E-state index in [1.165, 1.54) is 6.26 Å². The molecule has 0 atom stereocenters. The molecule has 0 saturated carbocycles. The van der Waals surface area contributed by atoms with E-state index in [1.54, 1.807) is 30.6 Å². The average molecular weight is 538 g/mol. The Morgan fingerprint density at radius 1 is 1.08 bits per heavy atom. The number of halogens is 1. The van der Waals surface area contributed by atoms with Gasteiger partial charge in [0.15, 0.2) is 5.69 Å². The molecule has 3 aromatic rings. The van der Waals surface area contributed by atoms with Crippen LogP contribution in [0.1, 0.15) is 52.1 Å². The molecular weight excluding hydrogens is 505 g/mol. The lowest BCUT2D eigenvalue weighted by atomic mass is 10.1. The first-order valence-electron chi connectivity index (χ1n) is 13.2. The van der Waals surface area contributed by atoms with Crippen molar-refractivity contribution >= 4 is 23.5 Å². The number of oxazole rings is 1. The lowest BCUT2D eigenvalue weighted by Crippen LogP contribution is -2.38. The predicted octanol–water partition coefficient (Wildman–Crippen LogP) is 3.06. The Bertz CT molecular complexity index is 1260. The largest absolute Gasteiger partial charge is 0.460 e. The summed E-state index contributed by atoms with van der Waals surface area (Å²) in [5.41, 5.74) is 1.65. The second kappa shape index (κ2) is 12.7. The minimum atomic E-state index is -0.675. The van der Waals surface area contributed by atoms with E-state index in [0.29, 0.717) is 37.3 Å². The van der Waals surface area contributed by atoms with Gasteiger partial charge in [-0.05, 0) is 49.7 Å². The second-order valence-electron chi connectivity index (χ2n) is 9.61. The van der Waals surface area contributed by atoms with Gasteiger partial charge in [-0.2, -0.15) is 4.98 Å². The highest BCUT2D eigenvalue weighted by Gasteiger charge is 2.26. The van der Waals surface area contributed by atoms with E-state index >= 15 is 0 Å². The van der Waals surface area contributed by atoms with Crippen molar-refractivity contribution in [1.82, 2.24) is 25.2 Å².